The smallest absolute Gasteiger partial charge is 0.395 e. The molecule has 0 saturated carbocycles. The summed E-state index contributed by atoms with van der Waals surface area (Å²) in [7, 11) is 1.50. The van der Waals surface area contributed by atoms with Gasteiger partial charge in [0.15, 0.2) is 11.6 Å². The van der Waals surface area contributed by atoms with E-state index >= 15 is 0 Å². The molecule has 2 N–H and O–H groups in total. The molecule has 2 aromatic rings. The molecule has 9 heteroatoms. The Labute approximate surface area is 101 Å². The molecular weight excluding hydrogens is 244 g/mol. The SMILES string of the molecule is COCC(N)c1noc(-c2ccc([N+](=O)[O-])o2)n1. The molecule has 0 aliphatic heterocycles. The van der Waals surface area contributed by atoms with E-state index in [9.17, 15) is 10.1 Å². The lowest BCUT2D eigenvalue weighted by Gasteiger charge is -2.02. The number of hydrogen-bond donors (Lipinski definition) is 1. The van der Waals surface area contributed by atoms with Crippen LogP contribution in [-0.2, 0) is 4.74 Å². The van der Waals surface area contributed by atoms with Gasteiger partial charge in [-0.2, -0.15) is 4.98 Å². The number of hydrogen-bond acceptors (Lipinski definition) is 8. The van der Waals surface area contributed by atoms with Crippen molar-refractivity contribution in [2.24, 2.45) is 5.73 Å². The van der Waals surface area contributed by atoms with Gasteiger partial charge in [-0.25, -0.2) is 0 Å². The first-order chi connectivity index (χ1) is 8.61. The lowest BCUT2D eigenvalue weighted by molar-refractivity contribution is -0.401. The van der Waals surface area contributed by atoms with Gasteiger partial charge in [-0.15, -0.1) is 0 Å². The minimum atomic E-state index is -0.655. The van der Waals surface area contributed by atoms with Gasteiger partial charge in [-0.1, -0.05) is 5.16 Å². The largest absolute Gasteiger partial charge is 0.433 e. The maximum absolute atomic E-state index is 10.5. The number of rotatable bonds is 5. The number of nitrogens with two attached hydrogens (primary N) is 1. The molecule has 0 bridgehead atoms. The summed E-state index contributed by atoms with van der Waals surface area (Å²) in [4.78, 5) is 13.8. The Morgan fingerprint density at radius 3 is 3.00 bits per heavy atom. The summed E-state index contributed by atoms with van der Waals surface area (Å²) in [5.74, 6) is -0.00781. The van der Waals surface area contributed by atoms with Gasteiger partial charge in [0.2, 0.25) is 0 Å². The van der Waals surface area contributed by atoms with Crippen molar-refractivity contribution in [1.29, 1.82) is 0 Å². The zero-order valence-corrected chi connectivity index (χ0v) is 9.40. The summed E-state index contributed by atoms with van der Waals surface area (Å²) in [5, 5.41) is 14.1. The van der Waals surface area contributed by atoms with E-state index in [1.807, 2.05) is 0 Å². The lowest BCUT2D eigenvalue weighted by Crippen LogP contribution is -2.17. The molecule has 0 fully saturated rings. The van der Waals surface area contributed by atoms with Crippen molar-refractivity contribution in [3.05, 3.63) is 28.1 Å². The van der Waals surface area contributed by atoms with Gasteiger partial charge in [0.25, 0.3) is 5.89 Å². The van der Waals surface area contributed by atoms with Gasteiger partial charge < -0.3 is 19.4 Å². The van der Waals surface area contributed by atoms with Crippen LogP contribution in [0.2, 0.25) is 0 Å². The average Bonchev–Trinajstić information content (AvgIpc) is 2.98. The molecule has 2 rings (SSSR count). The molecule has 9 nitrogen and oxygen atoms in total. The molecule has 0 aromatic carbocycles. The zero-order chi connectivity index (χ0) is 13.1. The van der Waals surface area contributed by atoms with Gasteiger partial charge in [0.1, 0.15) is 4.92 Å². The highest BCUT2D eigenvalue weighted by Crippen LogP contribution is 2.25. The molecule has 1 unspecified atom stereocenters. The molecule has 0 saturated heterocycles. The predicted molar refractivity (Wildman–Crippen MR) is 57.5 cm³/mol. The second-order valence-corrected chi connectivity index (χ2v) is 3.41. The summed E-state index contributed by atoms with van der Waals surface area (Å²) in [6, 6.07) is 2.04. The first kappa shape index (κ1) is 12.2. The molecule has 0 radical (unpaired) electrons. The third-order valence-corrected chi connectivity index (χ3v) is 2.10. The van der Waals surface area contributed by atoms with Crippen LogP contribution in [-0.4, -0.2) is 28.8 Å². The van der Waals surface area contributed by atoms with Crippen LogP contribution in [0.25, 0.3) is 11.7 Å². The fourth-order valence-corrected chi connectivity index (χ4v) is 1.28. The molecule has 0 aliphatic rings. The molecule has 18 heavy (non-hydrogen) atoms. The van der Waals surface area contributed by atoms with Crippen LogP contribution in [0.3, 0.4) is 0 Å². The number of ether oxygens (including phenoxy) is 1. The Bertz CT molecular complexity index is 549. The van der Waals surface area contributed by atoms with Gasteiger partial charge in [0, 0.05) is 7.11 Å². The number of aromatic nitrogens is 2. The van der Waals surface area contributed by atoms with E-state index in [-0.39, 0.29) is 24.1 Å². The second kappa shape index (κ2) is 4.94. The molecule has 0 amide bonds. The summed E-state index contributed by atoms with van der Waals surface area (Å²) in [6.45, 7) is 0.233. The Morgan fingerprint density at radius 2 is 2.39 bits per heavy atom. The summed E-state index contributed by atoms with van der Waals surface area (Å²) < 4.78 is 14.7. The maximum Gasteiger partial charge on any atom is 0.433 e. The third kappa shape index (κ3) is 2.36. The molecule has 2 aromatic heterocycles. The quantitative estimate of drug-likeness (QED) is 0.614. The normalized spacial score (nSPS) is 12.6. The number of nitrogens with zero attached hydrogens (tertiary/aromatic N) is 3. The topological polar surface area (TPSA) is 130 Å². The summed E-state index contributed by atoms with van der Waals surface area (Å²) in [6.07, 6.45) is 0. The average molecular weight is 254 g/mol. The van der Waals surface area contributed by atoms with Gasteiger partial charge >= 0.3 is 5.88 Å². The fraction of sp³-hybridized carbons (Fsp3) is 0.333. The second-order valence-electron chi connectivity index (χ2n) is 3.41. The molecule has 0 aliphatic carbocycles. The first-order valence-corrected chi connectivity index (χ1v) is 4.94. The highest BCUT2D eigenvalue weighted by molar-refractivity contribution is 5.46. The predicted octanol–water partition coefficient (Wildman–Crippen LogP) is 0.884. The number of nitro groups is 1. The van der Waals surface area contributed by atoms with E-state index in [0.29, 0.717) is 0 Å². The number of furan rings is 1. The zero-order valence-electron chi connectivity index (χ0n) is 9.40. The van der Waals surface area contributed by atoms with Crippen LogP contribution in [0.5, 0.6) is 0 Å². The van der Waals surface area contributed by atoms with Crippen LogP contribution in [0, 0.1) is 10.1 Å². The van der Waals surface area contributed by atoms with Gasteiger partial charge in [0.05, 0.1) is 18.7 Å². The fourth-order valence-electron chi connectivity index (χ4n) is 1.28. The minimum Gasteiger partial charge on any atom is -0.395 e. The van der Waals surface area contributed by atoms with Crippen molar-refractivity contribution >= 4 is 5.88 Å². The Hall–Kier alpha value is -2.26. The minimum absolute atomic E-state index is 0.0321. The van der Waals surface area contributed by atoms with Gasteiger partial charge in [-0.05, 0) is 6.07 Å². The molecule has 1 atom stereocenters. The van der Waals surface area contributed by atoms with E-state index in [1.165, 1.54) is 19.2 Å². The van der Waals surface area contributed by atoms with Crippen LogP contribution < -0.4 is 5.73 Å². The van der Waals surface area contributed by atoms with Crippen molar-refractivity contribution in [2.75, 3.05) is 13.7 Å². The van der Waals surface area contributed by atoms with Crippen molar-refractivity contribution < 1.29 is 18.6 Å². The van der Waals surface area contributed by atoms with Crippen LogP contribution in [0.1, 0.15) is 11.9 Å². The first-order valence-electron chi connectivity index (χ1n) is 4.94. The van der Waals surface area contributed by atoms with E-state index in [1.54, 1.807) is 0 Å². The van der Waals surface area contributed by atoms with Crippen LogP contribution in [0.4, 0.5) is 5.88 Å². The Morgan fingerprint density at radius 1 is 1.61 bits per heavy atom. The third-order valence-electron chi connectivity index (χ3n) is 2.10. The van der Waals surface area contributed by atoms with Crippen molar-refractivity contribution in [1.82, 2.24) is 10.1 Å². The maximum atomic E-state index is 10.5. The highest BCUT2D eigenvalue weighted by Gasteiger charge is 2.20. The van der Waals surface area contributed by atoms with Crippen molar-refractivity contribution in [2.45, 2.75) is 6.04 Å². The molecule has 96 valence electrons. The van der Waals surface area contributed by atoms with Crippen LogP contribution >= 0.6 is 0 Å². The Kier molecular flexibility index (Phi) is 3.35. The van der Waals surface area contributed by atoms with E-state index in [2.05, 4.69) is 10.1 Å². The van der Waals surface area contributed by atoms with Crippen LogP contribution in [0.15, 0.2) is 21.1 Å². The number of methoxy groups -OCH3 is 1. The van der Waals surface area contributed by atoms with E-state index in [0.717, 1.165) is 0 Å². The van der Waals surface area contributed by atoms with Gasteiger partial charge in [-0.3, -0.25) is 10.1 Å². The molecular formula is C9H10N4O5. The molecule has 2 heterocycles. The highest BCUT2D eigenvalue weighted by atomic mass is 16.6. The summed E-state index contributed by atoms with van der Waals surface area (Å²) in [5.41, 5.74) is 5.70. The lowest BCUT2D eigenvalue weighted by atomic mass is 10.3. The molecule has 0 spiro atoms. The monoisotopic (exact) mass is 254 g/mol. The standard InChI is InChI=1S/C9H10N4O5/c1-16-4-5(10)8-11-9(18-12-8)6-2-3-7(17-6)13(14)15/h2-3,5H,4,10H2,1H3. The summed E-state index contributed by atoms with van der Waals surface area (Å²) >= 11 is 0. The van der Waals surface area contributed by atoms with Crippen molar-refractivity contribution in [3.63, 3.8) is 0 Å². The Balaban J connectivity index is 2.20. The van der Waals surface area contributed by atoms with E-state index < -0.39 is 16.8 Å². The van der Waals surface area contributed by atoms with E-state index in [4.69, 9.17) is 19.4 Å². The van der Waals surface area contributed by atoms with Crippen molar-refractivity contribution in [3.8, 4) is 11.7 Å².